The summed E-state index contributed by atoms with van der Waals surface area (Å²) in [5.74, 6) is 0.641. The first kappa shape index (κ1) is 15.4. The van der Waals surface area contributed by atoms with Gasteiger partial charge in [-0.1, -0.05) is 15.9 Å². The zero-order valence-corrected chi connectivity index (χ0v) is 13.1. The lowest BCUT2D eigenvalue weighted by Gasteiger charge is -2.16. The van der Waals surface area contributed by atoms with Crippen LogP contribution in [0.15, 0.2) is 10.5 Å². The van der Waals surface area contributed by atoms with Crippen molar-refractivity contribution in [3.63, 3.8) is 0 Å². The molecular formula is C10H12BrClO5S. The summed E-state index contributed by atoms with van der Waals surface area (Å²) in [5.41, 5.74) is 0.380. The SMILES string of the molecule is COc1cc(Br)c(CS(=O)(=O)Cl)c(OC)c1OC. The molecule has 0 aromatic heterocycles. The summed E-state index contributed by atoms with van der Waals surface area (Å²) in [6, 6.07) is 1.60. The van der Waals surface area contributed by atoms with E-state index in [1.165, 1.54) is 21.3 Å². The van der Waals surface area contributed by atoms with E-state index in [9.17, 15) is 8.42 Å². The molecule has 0 saturated carbocycles. The molecule has 1 aromatic rings. The van der Waals surface area contributed by atoms with Crippen molar-refractivity contribution in [3.8, 4) is 17.2 Å². The first-order valence-corrected chi connectivity index (χ1v) is 8.00. The van der Waals surface area contributed by atoms with Crippen LogP contribution in [0.5, 0.6) is 17.2 Å². The van der Waals surface area contributed by atoms with Crippen molar-refractivity contribution in [2.75, 3.05) is 21.3 Å². The van der Waals surface area contributed by atoms with Crippen LogP contribution < -0.4 is 14.2 Å². The van der Waals surface area contributed by atoms with Gasteiger partial charge in [-0.05, 0) is 6.07 Å². The van der Waals surface area contributed by atoms with Gasteiger partial charge in [0.15, 0.2) is 11.5 Å². The summed E-state index contributed by atoms with van der Waals surface area (Å²) in [4.78, 5) is 0. The zero-order valence-electron chi connectivity index (χ0n) is 9.99. The smallest absolute Gasteiger partial charge is 0.236 e. The Morgan fingerprint density at radius 3 is 2.11 bits per heavy atom. The van der Waals surface area contributed by atoms with Crippen molar-refractivity contribution >= 4 is 35.7 Å². The molecule has 0 radical (unpaired) electrons. The fraction of sp³-hybridized carbons (Fsp3) is 0.400. The predicted molar refractivity (Wildman–Crippen MR) is 72.3 cm³/mol. The van der Waals surface area contributed by atoms with Crippen molar-refractivity contribution in [2.24, 2.45) is 0 Å². The monoisotopic (exact) mass is 358 g/mol. The maximum absolute atomic E-state index is 11.2. The Bertz CT molecular complexity index is 544. The topological polar surface area (TPSA) is 61.8 Å². The van der Waals surface area contributed by atoms with Crippen LogP contribution in [-0.2, 0) is 14.8 Å². The van der Waals surface area contributed by atoms with Crippen LogP contribution in [0, 0.1) is 0 Å². The minimum absolute atomic E-state index is 0.271. The molecule has 0 aliphatic carbocycles. The summed E-state index contributed by atoms with van der Waals surface area (Å²) in [6.45, 7) is 0. The first-order chi connectivity index (χ1) is 8.34. The van der Waals surface area contributed by atoms with Gasteiger partial charge in [0.2, 0.25) is 14.8 Å². The number of ether oxygens (including phenoxy) is 3. The quantitative estimate of drug-likeness (QED) is 0.756. The van der Waals surface area contributed by atoms with E-state index in [0.29, 0.717) is 21.5 Å². The van der Waals surface area contributed by atoms with Gasteiger partial charge < -0.3 is 14.2 Å². The van der Waals surface area contributed by atoms with Crippen LogP contribution in [0.1, 0.15) is 5.56 Å². The molecule has 0 aliphatic heterocycles. The van der Waals surface area contributed by atoms with Gasteiger partial charge in [-0.25, -0.2) is 8.42 Å². The van der Waals surface area contributed by atoms with E-state index in [0.717, 1.165) is 0 Å². The molecule has 0 bridgehead atoms. The van der Waals surface area contributed by atoms with E-state index in [4.69, 9.17) is 24.9 Å². The molecule has 102 valence electrons. The predicted octanol–water partition coefficient (Wildman–Crippen LogP) is 2.54. The Balaban J connectivity index is 3.50. The third kappa shape index (κ3) is 3.43. The molecule has 0 heterocycles. The molecule has 0 atom stereocenters. The van der Waals surface area contributed by atoms with Gasteiger partial charge in [0.05, 0.1) is 27.1 Å². The second-order valence-corrected chi connectivity index (χ2v) is 6.92. The van der Waals surface area contributed by atoms with Crippen molar-refractivity contribution in [3.05, 3.63) is 16.1 Å². The number of hydrogen-bond donors (Lipinski definition) is 0. The fourth-order valence-corrected chi connectivity index (χ4v) is 3.17. The van der Waals surface area contributed by atoms with E-state index in [1.807, 2.05) is 0 Å². The highest BCUT2D eigenvalue weighted by Gasteiger charge is 2.22. The highest BCUT2D eigenvalue weighted by molar-refractivity contribution is 9.10. The number of halogens is 2. The maximum Gasteiger partial charge on any atom is 0.236 e. The van der Waals surface area contributed by atoms with Gasteiger partial charge in [-0.3, -0.25) is 0 Å². The van der Waals surface area contributed by atoms with Gasteiger partial charge in [0, 0.05) is 20.7 Å². The number of benzene rings is 1. The molecule has 1 aromatic carbocycles. The lowest BCUT2D eigenvalue weighted by molar-refractivity contribution is 0.322. The average Bonchev–Trinajstić information content (AvgIpc) is 2.29. The normalized spacial score (nSPS) is 11.2. The summed E-state index contributed by atoms with van der Waals surface area (Å²) in [7, 11) is 5.87. The molecular weight excluding hydrogens is 348 g/mol. The fourth-order valence-electron chi connectivity index (χ4n) is 1.49. The van der Waals surface area contributed by atoms with Crippen LogP contribution in [0.3, 0.4) is 0 Å². The highest BCUT2D eigenvalue weighted by atomic mass is 79.9. The molecule has 0 N–H and O–H groups in total. The Morgan fingerprint density at radius 1 is 1.17 bits per heavy atom. The van der Waals surface area contributed by atoms with E-state index in [2.05, 4.69) is 15.9 Å². The van der Waals surface area contributed by atoms with Crippen molar-refractivity contribution < 1.29 is 22.6 Å². The van der Waals surface area contributed by atoms with Crippen molar-refractivity contribution in [1.29, 1.82) is 0 Å². The second-order valence-electron chi connectivity index (χ2n) is 3.29. The molecule has 0 spiro atoms. The van der Waals surface area contributed by atoms with Crippen LogP contribution >= 0.6 is 26.6 Å². The molecule has 0 fully saturated rings. The van der Waals surface area contributed by atoms with Gasteiger partial charge in [0.1, 0.15) is 0 Å². The first-order valence-electron chi connectivity index (χ1n) is 4.73. The maximum atomic E-state index is 11.2. The Kier molecular flexibility index (Phi) is 5.12. The number of rotatable bonds is 5. The van der Waals surface area contributed by atoms with Crippen LogP contribution in [0.4, 0.5) is 0 Å². The minimum Gasteiger partial charge on any atom is -0.493 e. The molecule has 0 aliphatic rings. The number of methoxy groups -OCH3 is 3. The third-order valence-corrected chi connectivity index (χ3v) is 3.86. The second kappa shape index (κ2) is 5.99. The standard InChI is InChI=1S/C10H12BrClO5S/c1-15-8-4-7(11)6(5-18(12,13)14)9(16-2)10(8)17-3/h4H,5H2,1-3H3. The lowest BCUT2D eigenvalue weighted by atomic mass is 10.2. The Hall–Kier alpha value is -0.660. The molecule has 5 nitrogen and oxygen atoms in total. The van der Waals surface area contributed by atoms with E-state index >= 15 is 0 Å². The summed E-state index contributed by atoms with van der Waals surface area (Å²) in [5, 5.41) is 0. The zero-order chi connectivity index (χ0) is 13.9. The molecule has 0 saturated heterocycles. The van der Waals surface area contributed by atoms with Crippen molar-refractivity contribution in [2.45, 2.75) is 5.75 Å². The molecule has 0 amide bonds. The van der Waals surface area contributed by atoms with Crippen molar-refractivity contribution in [1.82, 2.24) is 0 Å². The highest BCUT2D eigenvalue weighted by Crippen LogP contribution is 2.44. The average molecular weight is 360 g/mol. The molecule has 8 heteroatoms. The summed E-state index contributed by atoms with van der Waals surface area (Å²) < 4.78 is 38.4. The molecule has 1 rings (SSSR count). The van der Waals surface area contributed by atoms with Gasteiger partial charge in [-0.15, -0.1) is 0 Å². The summed E-state index contributed by atoms with van der Waals surface area (Å²) >= 11 is 3.26. The molecule has 0 unspecified atom stereocenters. The summed E-state index contributed by atoms with van der Waals surface area (Å²) in [6.07, 6.45) is 0. The minimum atomic E-state index is -3.71. The van der Waals surface area contributed by atoms with E-state index in [-0.39, 0.29) is 11.5 Å². The largest absolute Gasteiger partial charge is 0.493 e. The van der Waals surface area contributed by atoms with Gasteiger partial charge >= 0.3 is 0 Å². The van der Waals surface area contributed by atoms with E-state index < -0.39 is 9.05 Å². The molecule has 18 heavy (non-hydrogen) atoms. The van der Waals surface area contributed by atoms with Crippen LogP contribution in [0.2, 0.25) is 0 Å². The van der Waals surface area contributed by atoms with Gasteiger partial charge in [0.25, 0.3) is 0 Å². The van der Waals surface area contributed by atoms with Crippen LogP contribution in [-0.4, -0.2) is 29.7 Å². The number of hydrogen-bond acceptors (Lipinski definition) is 5. The Morgan fingerprint density at radius 2 is 1.72 bits per heavy atom. The Labute approximate surface area is 119 Å². The van der Waals surface area contributed by atoms with Crippen LogP contribution in [0.25, 0.3) is 0 Å². The van der Waals surface area contributed by atoms with E-state index in [1.54, 1.807) is 6.07 Å². The van der Waals surface area contributed by atoms with Gasteiger partial charge in [-0.2, -0.15) is 0 Å². The third-order valence-electron chi connectivity index (χ3n) is 2.20. The lowest BCUT2D eigenvalue weighted by Crippen LogP contribution is -2.03.